The van der Waals surface area contributed by atoms with Crippen LogP contribution in [0.5, 0.6) is 5.75 Å². The zero-order valence-electron chi connectivity index (χ0n) is 15.8. The van der Waals surface area contributed by atoms with Gasteiger partial charge in [-0.15, -0.1) is 0 Å². The summed E-state index contributed by atoms with van der Waals surface area (Å²) in [6.07, 6.45) is 6.03. The maximum absolute atomic E-state index is 13.1. The van der Waals surface area contributed by atoms with Crippen molar-refractivity contribution >= 4 is 17.3 Å². The molecule has 1 heterocycles. The first-order valence-corrected chi connectivity index (χ1v) is 8.64. The van der Waals surface area contributed by atoms with Gasteiger partial charge >= 0.3 is 0 Å². The topological polar surface area (TPSA) is 48.6 Å². The fourth-order valence-electron chi connectivity index (χ4n) is 2.12. The normalized spacial score (nSPS) is 13.5. The number of ether oxygens (including phenoxy) is 1. The Hall–Kier alpha value is -2.84. The Bertz CT molecular complexity index is 834. The van der Waals surface area contributed by atoms with Gasteiger partial charge < -0.3 is 4.74 Å². The fourth-order valence-corrected chi connectivity index (χ4v) is 2.29. The van der Waals surface area contributed by atoms with Crippen LogP contribution in [-0.2, 0) is 0 Å². The molecule has 1 aliphatic rings. The lowest BCUT2D eigenvalue weighted by atomic mass is 10.1. The minimum atomic E-state index is -0.445. The smallest absolute Gasteiger partial charge is 0.142 e. The minimum Gasteiger partial charge on any atom is -0.489 e. The van der Waals surface area contributed by atoms with Crippen molar-refractivity contribution in [3.05, 3.63) is 77.4 Å². The highest BCUT2D eigenvalue weighted by Gasteiger charge is 2.16. The fraction of sp³-hybridized carbons (Fsp3) is 0.238. The summed E-state index contributed by atoms with van der Waals surface area (Å²) in [5.41, 5.74) is 3.62. The van der Waals surface area contributed by atoms with Crippen LogP contribution in [0.3, 0.4) is 0 Å². The summed E-state index contributed by atoms with van der Waals surface area (Å²) in [5.74, 6) is 0.110. The van der Waals surface area contributed by atoms with E-state index in [-0.39, 0.29) is 5.02 Å². The number of allylic oxidation sites excluding steroid dienone is 4. The van der Waals surface area contributed by atoms with Crippen molar-refractivity contribution in [3.63, 3.8) is 0 Å². The molecule has 1 aromatic carbocycles. The number of hydrogen-bond acceptors (Lipinski definition) is 4. The van der Waals surface area contributed by atoms with Gasteiger partial charge in [0.2, 0.25) is 0 Å². The van der Waals surface area contributed by atoms with Crippen LogP contribution in [0, 0.1) is 17.1 Å². The second kappa shape index (κ2) is 11.0. The summed E-state index contributed by atoms with van der Waals surface area (Å²) in [4.78, 5) is 0. The van der Waals surface area contributed by atoms with Crippen molar-refractivity contribution in [1.82, 2.24) is 5.01 Å². The lowest BCUT2D eigenvalue weighted by molar-refractivity contribution is 0.339. The van der Waals surface area contributed by atoms with Crippen LogP contribution in [0.15, 0.2) is 71.7 Å². The van der Waals surface area contributed by atoms with Gasteiger partial charge in [0.1, 0.15) is 18.2 Å². The second-order valence-corrected chi connectivity index (χ2v) is 6.14. The molecule has 0 fully saturated rings. The van der Waals surface area contributed by atoms with Crippen molar-refractivity contribution in [2.75, 3.05) is 6.61 Å². The molecular weight excluding hydrogens is 365 g/mol. The van der Waals surface area contributed by atoms with Crippen LogP contribution >= 0.6 is 11.6 Å². The number of nitriles is 1. The summed E-state index contributed by atoms with van der Waals surface area (Å²) in [7, 11) is 0. The molecule has 0 saturated heterocycles. The average Bonchev–Trinajstić information content (AvgIpc) is 2.65. The summed E-state index contributed by atoms with van der Waals surface area (Å²) < 4.78 is 18.8. The van der Waals surface area contributed by atoms with Crippen LogP contribution in [0.4, 0.5) is 4.39 Å². The predicted molar refractivity (Wildman–Crippen MR) is 109 cm³/mol. The van der Waals surface area contributed by atoms with E-state index in [1.54, 1.807) is 12.1 Å². The first kappa shape index (κ1) is 22.2. The molecule has 0 bridgehead atoms. The molecule has 0 N–H and O–H groups in total. The lowest BCUT2D eigenvalue weighted by Crippen LogP contribution is -2.21. The van der Waals surface area contributed by atoms with Gasteiger partial charge in [-0.1, -0.05) is 36.9 Å². The third kappa shape index (κ3) is 7.12. The molecule has 0 radical (unpaired) electrons. The molecule has 0 aliphatic carbocycles. The highest BCUT2D eigenvalue weighted by atomic mass is 35.5. The molecule has 27 heavy (non-hydrogen) atoms. The largest absolute Gasteiger partial charge is 0.489 e. The van der Waals surface area contributed by atoms with E-state index in [2.05, 4.69) is 18.3 Å². The van der Waals surface area contributed by atoms with Crippen LogP contribution in [0.25, 0.3) is 0 Å². The van der Waals surface area contributed by atoms with E-state index >= 15 is 0 Å². The zero-order valence-corrected chi connectivity index (χ0v) is 16.6. The van der Waals surface area contributed by atoms with E-state index in [1.807, 2.05) is 38.1 Å². The Labute approximate surface area is 165 Å². The molecule has 1 aromatic rings. The predicted octanol–water partition coefficient (Wildman–Crippen LogP) is 6.00. The van der Waals surface area contributed by atoms with Crippen LogP contribution < -0.4 is 4.74 Å². The van der Waals surface area contributed by atoms with Gasteiger partial charge in [-0.05, 0) is 38.5 Å². The first-order valence-electron chi connectivity index (χ1n) is 8.26. The molecule has 4 nitrogen and oxygen atoms in total. The van der Waals surface area contributed by atoms with Gasteiger partial charge in [0.05, 0.1) is 11.1 Å². The zero-order chi connectivity index (χ0) is 20.4. The highest BCUT2D eigenvalue weighted by molar-refractivity contribution is 6.30. The molecule has 0 amide bonds. The number of nitrogens with zero attached hydrogens (tertiary/aromatic N) is 3. The number of halogens is 2. The molecule has 1 aliphatic heterocycles. The molecule has 0 aromatic heterocycles. The van der Waals surface area contributed by atoms with Crippen LogP contribution in [0.1, 0.15) is 27.2 Å². The molecule has 0 atom stereocenters. The van der Waals surface area contributed by atoms with Gasteiger partial charge in [-0.2, -0.15) is 10.4 Å². The third-order valence-corrected chi connectivity index (χ3v) is 3.88. The summed E-state index contributed by atoms with van der Waals surface area (Å²) in [6.45, 7) is 13.0. The van der Waals surface area contributed by atoms with Crippen LogP contribution in [0.2, 0.25) is 5.02 Å². The molecule has 6 heteroatoms. The molecular formula is C21H23ClFN3O. The number of hydrazone groups is 1. The number of hydrogen-bond donors (Lipinski definition) is 0. The van der Waals surface area contributed by atoms with Gasteiger partial charge in [0.25, 0.3) is 0 Å². The Balaban J connectivity index is 0.000000527. The molecule has 142 valence electrons. The highest BCUT2D eigenvalue weighted by Crippen LogP contribution is 2.24. The second-order valence-electron chi connectivity index (χ2n) is 5.73. The molecule has 0 saturated carbocycles. The van der Waals surface area contributed by atoms with Crippen molar-refractivity contribution < 1.29 is 9.13 Å². The number of benzene rings is 1. The third-order valence-electron chi connectivity index (χ3n) is 3.59. The first-order chi connectivity index (χ1) is 12.8. The summed E-state index contributed by atoms with van der Waals surface area (Å²) in [6, 6.07) is 6.17. The summed E-state index contributed by atoms with van der Waals surface area (Å²) >= 11 is 5.75. The van der Waals surface area contributed by atoms with Gasteiger partial charge in [-0.3, -0.25) is 0 Å². The standard InChI is InChI=1S/C16H18ClFN2O.C5H5N/c1-4-7-20-12(3)13(8-11(2)19-20)10-21-14-5-6-16(18)15(17)9-14;1-3-5(2)4-6/h4-7,9H,8,10H2,1-3H3;3H,1-2H2/b7-4+;. The van der Waals surface area contributed by atoms with Gasteiger partial charge in [0.15, 0.2) is 0 Å². The van der Waals surface area contributed by atoms with E-state index in [9.17, 15) is 4.39 Å². The maximum Gasteiger partial charge on any atom is 0.142 e. The van der Waals surface area contributed by atoms with E-state index in [4.69, 9.17) is 21.6 Å². The van der Waals surface area contributed by atoms with Gasteiger partial charge in [0, 0.05) is 35.7 Å². The molecule has 0 unspecified atom stereocenters. The van der Waals surface area contributed by atoms with Crippen molar-refractivity contribution in [2.24, 2.45) is 5.10 Å². The molecule has 2 rings (SSSR count). The lowest BCUT2D eigenvalue weighted by Gasteiger charge is -2.25. The number of rotatable bonds is 5. The van der Waals surface area contributed by atoms with Crippen molar-refractivity contribution in [3.8, 4) is 11.8 Å². The van der Waals surface area contributed by atoms with E-state index in [0.29, 0.717) is 17.9 Å². The van der Waals surface area contributed by atoms with Gasteiger partial charge in [-0.25, -0.2) is 9.40 Å². The SMILES string of the molecule is C/C=C/N1N=C(C)CC(COc2ccc(F)c(Cl)c2)=C1C.C=CC(=C)C#N. The monoisotopic (exact) mass is 387 g/mol. The Morgan fingerprint density at radius 2 is 2.19 bits per heavy atom. The Kier molecular flexibility index (Phi) is 9.04. The van der Waals surface area contributed by atoms with Crippen molar-refractivity contribution in [1.29, 1.82) is 5.26 Å². The Morgan fingerprint density at radius 1 is 1.48 bits per heavy atom. The van der Waals surface area contributed by atoms with Crippen LogP contribution in [-0.4, -0.2) is 17.3 Å². The maximum atomic E-state index is 13.1. The van der Waals surface area contributed by atoms with E-state index in [1.165, 1.54) is 18.2 Å². The van der Waals surface area contributed by atoms with E-state index in [0.717, 1.165) is 23.4 Å². The average molecular weight is 388 g/mol. The Morgan fingerprint density at radius 3 is 2.70 bits per heavy atom. The quantitative estimate of drug-likeness (QED) is 0.460. The van der Waals surface area contributed by atoms with E-state index < -0.39 is 5.82 Å². The summed E-state index contributed by atoms with van der Waals surface area (Å²) in [5, 5.41) is 14.3. The molecule has 0 spiro atoms. The minimum absolute atomic E-state index is 0.0649. The van der Waals surface area contributed by atoms with Crippen molar-refractivity contribution in [2.45, 2.75) is 27.2 Å².